The van der Waals surface area contributed by atoms with E-state index in [2.05, 4.69) is 34.3 Å². The van der Waals surface area contributed by atoms with E-state index in [-0.39, 0.29) is 0 Å². The summed E-state index contributed by atoms with van der Waals surface area (Å²) in [5.74, 6) is 0. The zero-order chi connectivity index (χ0) is 13.3. The van der Waals surface area contributed by atoms with Crippen LogP contribution in [0.25, 0.3) is 0 Å². The third-order valence-electron chi connectivity index (χ3n) is 2.62. The minimum absolute atomic E-state index is 0.418. The fourth-order valence-corrected chi connectivity index (χ4v) is 1.68. The van der Waals surface area contributed by atoms with Crippen LogP contribution in [0.2, 0.25) is 0 Å². The van der Waals surface area contributed by atoms with Crippen LogP contribution in [0.4, 0.5) is 0 Å². The second kappa shape index (κ2) is 7.33. The van der Waals surface area contributed by atoms with Crippen molar-refractivity contribution >= 4 is 0 Å². The molecule has 0 spiro atoms. The Labute approximate surface area is 112 Å². The largest absolute Gasteiger partial charge is 0.495 e. The highest BCUT2D eigenvalue weighted by Crippen LogP contribution is 1.98. The standard InChI is InChI=1S/C14H18N4O/c1-2-19-12-14-11-18(17-16-14)9-8-15-10-13-6-4-3-5-7-13/h2-7,11,15H,1,8-10,12H2. The van der Waals surface area contributed by atoms with E-state index >= 15 is 0 Å². The molecular formula is C14H18N4O. The van der Waals surface area contributed by atoms with Gasteiger partial charge in [0.1, 0.15) is 12.3 Å². The first-order valence-corrected chi connectivity index (χ1v) is 6.24. The van der Waals surface area contributed by atoms with Crippen molar-refractivity contribution in [1.29, 1.82) is 0 Å². The van der Waals surface area contributed by atoms with E-state index in [1.54, 1.807) is 4.68 Å². The Kier molecular flexibility index (Phi) is 5.13. The topological polar surface area (TPSA) is 52.0 Å². The van der Waals surface area contributed by atoms with Gasteiger partial charge in [-0.1, -0.05) is 42.1 Å². The molecule has 0 aliphatic rings. The fraction of sp³-hybridized carbons (Fsp3) is 0.286. The zero-order valence-electron chi connectivity index (χ0n) is 10.8. The molecule has 0 aliphatic carbocycles. The molecule has 0 radical (unpaired) electrons. The molecule has 2 rings (SSSR count). The van der Waals surface area contributed by atoms with Crippen molar-refractivity contribution in [1.82, 2.24) is 20.3 Å². The highest BCUT2D eigenvalue weighted by Gasteiger charge is 2.00. The molecule has 1 N–H and O–H groups in total. The van der Waals surface area contributed by atoms with Crippen LogP contribution < -0.4 is 5.32 Å². The van der Waals surface area contributed by atoms with E-state index in [1.807, 2.05) is 24.4 Å². The molecule has 0 bridgehead atoms. The summed E-state index contributed by atoms with van der Waals surface area (Å²) in [5.41, 5.74) is 2.09. The number of benzene rings is 1. The van der Waals surface area contributed by atoms with E-state index in [9.17, 15) is 0 Å². The molecule has 0 aliphatic heterocycles. The Morgan fingerprint density at radius 3 is 2.95 bits per heavy atom. The van der Waals surface area contributed by atoms with Crippen LogP contribution in [0.15, 0.2) is 49.4 Å². The van der Waals surface area contributed by atoms with Gasteiger partial charge in [-0.05, 0) is 5.56 Å². The highest BCUT2D eigenvalue weighted by atomic mass is 16.5. The first-order chi connectivity index (χ1) is 9.38. The molecule has 0 fully saturated rings. The number of ether oxygens (including phenoxy) is 1. The molecule has 0 atom stereocenters. The molecule has 0 saturated carbocycles. The predicted molar refractivity (Wildman–Crippen MR) is 73.2 cm³/mol. The van der Waals surface area contributed by atoms with Gasteiger partial charge in [0.15, 0.2) is 0 Å². The number of rotatable bonds is 8. The Morgan fingerprint density at radius 1 is 1.32 bits per heavy atom. The minimum Gasteiger partial charge on any atom is -0.495 e. The van der Waals surface area contributed by atoms with Gasteiger partial charge in [0.05, 0.1) is 19.0 Å². The Balaban J connectivity index is 1.68. The van der Waals surface area contributed by atoms with Crippen molar-refractivity contribution in [2.45, 2.75) is 19.7 Å². The Morgan fingerprint density at radius 2 is 2.16 bits per heavy atom. The zero-order valence-corrected chi connectivity index (χ0v) is 10.8. The Hall–Kier alpha value is -2.14. The molecule has 19 heavy (non-hydrogen) atoms. The van der Waals surface area contributed by atoms with Crippen LogP contribution in [-0.4, -0.2) is 21.5 Å². The van der Waals surface area contributed by atoms with Crippen LogP contribution in [0.3, 0.4) is 0 Å². The molecule has 0 amide bonds. The summed E-state index contributed by atoms with van der Waals surface area (Å²) in [6, 6.07) is 10.3. The van der Waals surface area contributed by atoms with E-state index in [0.29, 0.717) is 6.61 Å². The van der Waals surface area contributed by atoms with Gasteiger partial charge in [-0.3, -0.25) is 4.68 Å². The van der Waals surface area contributed by atoms with Crippen LogP contribution in [0.1, 0.15) is 11.3 Å². The van der Waals surface area contributed by atoms with Crippen LogP contribution in [0, 0.1) is 0 Å². The minimum atomic E-state index is 0.418. The van der Waals surface area contributed by atoms with Gasteiger partial charge >= 0.3 is 0 Å². The average Bonchev–Trinajstić information content (AvgIpc) is 2.90. The quantitative estimate of drug-likeness (QED) is 0.578. The molecule has 5 nitrogen and oxygen atoms in total. The van der Waals surface area contributed by atoms with E-state index in [4.69, 9.17) is 4.74 Å². The van der Waals surface area contributed by atoms with Gasteiger partial charge in [-0.15, -0.1) is 5.10 Å². The molecule has 5 heteroatoms. The number of nitrogens with one attached hydrogen (secondary N) is 1. The van der Waals surface area contributed by atoms with Crippen LogP contribution in [-0.2, 0) is 24.4 Å². The molecular weight excluding hydrogens is 240 g/mol. The second-order valence-electron chi connectivity index (χ2n) is 4.11. The van der Waals surface area contributed by atoms with Crippen molar-refractivity contribution in [3.8, 4) is 0 Å². The third-order valence-corrected chi connectivity index (χ3v) is 2.62. The maximum absolute atomic E-state index is 5.05. The second-order valence-corrected chi connectivity index (χ2v) is 4.11. The van der Waals surface area contributed by atoms with Gasteiger partial charge in [0, 0.05) is 13.1 Å². The SMILES string of the molecule is C=COCc1cn(CCNCc2ccccc2)nn1. The summed E-state index contributed by atoms with van der Waals surface area (Å²) < 4.78 is 6.85. The summed E-state index contributed by atoms with van der Waals surface area (Å²) in [6.45, 7) is 6.40. The summed E-state index contributed by atoms with van der Waals surface area (Å²) in [6.07, 6.45) is 3.29. The summed E-state index contributed by atoms with van der Waals surface area (Å²) >= 11 is 0. The van der Waals surface area contributed by atoms with E-state index in [0.717, 1.165) is 25.3 Å². The van der Waals surface area contributed by atoms with E-state index in [1.165, 1.54) is 11.8 Å². The van der Waals surface area contributed by atoms with Crippen LogP contribution >= 0.6 is 0 Å². The summed E-state index contributed by atoms with van der Waals surface area (Å²) in [5, 5.41) is 11.4. The van der Waals surface area contributed by atoms with Crippen molar-refractivity contribution in [2.75, 3.05) is 6.54 Å². The first kappa shape index (κ1) is 13.3. The lowest BCUT2D eigenvalue weighted by molar-refractivity contribution is 0.233. The number of hydrogen-bond donors (Lipinski definition) is 1. The van der Waals surface area contributed by atoms with Gasteiger partial charge in [0.25, 0.3) is 0 Å². The number of nitrogens with zero attached hydrogens (tertiary/aromatic N) is 3. The molecule has 2 aromatic rings. The van der Waals surface area contributed by atoms with Crippen molar-refractivity contribution in [3.63, 3.8) is 0 Å². The lowest BCUT2D eigenvalue weighted by Crippen LogP contribution is -2.19. The van der Waals surface area contributed by atoms with Crippen molar-refractivity contribution in [2.24, 2.45) is 0 Å². The smallest absolute Gasteiger partial charge is 0.133 e. The maximum atomic E-state index is 5.05. The molecule has 1 aromatic heterocycles. The lowest BCUT2D eigenvalue weighted by atomic mass is 10.2. The molecule has 1 aromatic carbocycles. The molecule has 0 saturated heterocycles. The van der Waals surface area contributed by atoms with Gasteiger partial charge < -0.3 is 10.1 Å². The Bertz CT molecular complexity index is 495. The normalized spacial score (nSPS) is 10.3. The molecule has 0 unspecified atom stereocenters. The van der Waals surface area contributed by atoms with Gasteiger partial charge in [-0.25, -0.2) is 0 Å². The molecule has 1 heterocycles. The van der Waals surface area contributed by atoms with E-state index < -0.39 is 0 Å². The highest BCUT2D eigenvalue weighted by molar-refractivity contribution is 5.14. The van der Waals surface area contributed by atoms with Crippen molar-refractivity contribution in [3.05, 3.63) is 60.6 Å². The third kappa shape index (κ3) is 4.56. The van der Waals surface area contributed by atoms with Crippen molar-refractivity contribution < 1.29 is 4.74 Å². The number of aromatic nitrogens is 3. The molecule has 100 valence electrons. The summed E-state index contributed by atoms with van der Waals surface area (Å²) in [4.78, 5) is 0. The van der Waals surface area contributed by atoms with Gasteiger partial charge in [-0.2, -0.15) is 0 Å². The predicted octanol–water partition coefficient (Wildman–Crippen LogP) is 1.73. The first-order valence-electron chi connectivity index (χ1n) is 6.24. The average molecular weight is 258 g/mol. The monoisotopic (exact) mass is 258 g/mol. The van der Waals surface area contributed by atoms with Gasteiger partial charge in [0.2, 0.25) is 0 Å². The lowest BCUT2D eigenvalue weighted by Gasteiger charge is -2.04. The fourth-order valence-electron chi connectivity index (χ4n) is 1.68. The van der Waals surface area contributed by atoms with Crippen LogP contribution in [0.5, 0.6) is 0 Å². The summed E-state index contributed by atoms with van der Waals surface area (Å²) in [7, 11) is 0. The number of hydrogen-bond acceptors (Lipinski definition) is 4. The maximum Gasteiger partial charge on any atom is 0.133 e.